The highest BCUT2D eigenvalue weighted by atomic mass is 35.5. The monoisotopic (exact) mass is 214 g/mol. The van der Waals surface area contributed by atoms with Gasteiger partial charge in [-0.2, -0.15) is 0 Å². The van der Waals surface area contributed by atoms with Crippen LogP contribution in [0.4, 0.5) is 0 Å². The molecule has 1 nitrogen and oxygen atoms in total. The molecular weight excluding hydrogens is 196 g/mol. The summed E-state index contributed by atoms with van der Waals surface area (Å²) < 4.78 is 5.61. The first-order valence-electron chi connectivity index (χ1n) is 5.13. The summed E-state index contributed by atoms with van der Waals surface area (Å²) >= 11 is 5.56. The molecule has 1 fully saturated rings. The summed E-state index contributed by atoms with van der Waals surface area (Å²) in [6.45, 7) is 8.12. The van der Waals surface area contributed by atoms with Crippen molar-refractivity contribution in [2.45, 2.75) is 44.8 Å². The first-order chi connectivity index (χ1) is 6.58. The van der Waals surface area contributed by atoms with E-state index >= 15 is 0 Å². The molecule has 1 rings (SSSR count). The van der Waals surface area contributed by atoms with Gasteiger partial charge in [0.1, 0.15) is 6.10 Å². The van der Waals surface area contributed by atoms with Crippen molar-refractivity contribution in [3.05, 3.63) is 24.3 Å². The average Bonchev–Trinajstić information content (AvgIpc) is 2.73. The molecule has 80 valence electrons. The van der Waals surface area contributed by atoms with Gasteiger partial charge in [-0.3, -0.25) is 0 Å². The van der Waals surface area contributed by atoms with Crippen molar-refractivity contribution < 1.29 is 4.74 Å². The normalized spacial score (nSPS) is 30.9. The van der Waals surface area contributed by atoms with Crippen molar-refractivity contribution in [2.24, 2.45) is 0 Å². The highest BCUT2D eigenvalue weighted by Crippen LogP contribution is 2.41. The second-order valence-electron chi connectivity index (χ2n) is 4.24. The smallest absolute Gasteiger partial charge is 0.105 e. The lowest BCUT2D eigenvalue weighted by Gasteiger charge is -2.04. The van der Waals surface area contributed by atoms with Crippen LogP contribution in [0.2, 0.25) is 0 Å². The molecule has 0 spiro atoms. The number of hydrogen-bond donors (Lipinski definition) is 0. The molecule has 14 heavy (non-hydrogen) atoms. The molecule has 0 aliphatic carbocycles. The maximum Gasteiger partial charge on any atom is 0.105 e. The summed E-state index contributed by atoms with van der Waals surface area (Å²) in [4.78, 5) is 0. The molecule has 1 aliphatic rings. The molecule has 0 bridgehead atoms. The molecule has 0 amide bonds. The number of hydrogen-bond acceptors (Lipinski definition) is 1. The van der Waals surface area contributed by atoms with Crippen molar-refractivity contribution in [3.8, 4) is 0 Å². The third kappa shape index (κ3) is 3.47. The summed E-state index contributed by atoms with van der Waals surface area (Å²) in [6, 6.07) is 0. The van der Waals surface area contributed by atoms with Crippen LogP contribution in [0.25, 0.3) is 0 Å². The zero-order valence-corrected chi connectivity index (χ0v) is 9.81. The fourth-order valence-electron chi connectivity index (χ4n) is 1.62. The van der Waals surface area contributed by atoms with E-state index in [2.05, 4.69) is 26.5 Å². The van der Waals surface area contributed by atoms with Crippen LogP contribution in [-0.4, -0.2) is 17.6 Å². The Labute approximate surface area is 91.8 Å². The van der Waals surface area contributed by atoms with Crippen LogP contribution in [-0.2, 0) is 4.74 Å². The van der Waals surface area contributed by atoms with Crippen LogP contribution in [0.3, 0.4) is 0 Å². The Hall–Kier alpha value is -0.270. The van der Waals surface area contributed by atoms with Crippen LogP contribution >= 0.6 is 11.6 Å². The van der Waals surface area contributed by atoms with Gasteiger partial charge >= 0.3 is 0 Å². The van der Waals surface area contributed by atoms with Gasteiger partial charge in [-0.1, -0.05) is 17.7 Å². The average molecular weight is 215 g/mol. The summed E-state index contributed by atoms with van der Waals surface area (Å²) in [5, 5.41) is 0. The summed E-state index contributed by atoms with van der Waals surface area (Å²) in [5.41, 5.74) is 1.32. The lowest BCUT2D eigenvalue weighted by molar-refractivity contribution is 0.298. The second kappa shape index (κ2) is 4.99. The molecule has 0 saturated carbocycles. The Morgan fingerprint density at radius 1 is 1.64 bits per heavy atom. The maximum atomic E-state index is 5.61. The van der Waals surface area contributed by atoms with Gasteiger partial charge in [-0.25, -0.2) is 0 Å². The quantitative estimate of drug-likeness (QED) is 0.373. The molecule has 2 heteroatoms. The van der Waals surface area contributed by atoms with E-state index in [9.17, 15) is 0 Å². The van der Waals surface area contributed by atoms with Crippen LogP contribution in [0.1, 0.15) is 33.1 Å². The summed E-state index contributed by atoms with van der Waals surface area (Å²) in [5.74, 6) is 0.571. The standard InChI is InChI=1S/C12H19ClO/c1-10(2)6-4-8-12(3)11(14-12)7-5-9-13/h5,7,11H,1,4,6,8-9H2,2-3H3/b7-5+/t11-,12-/m1/s1. The van der Waals surface area contributed by atoms with E-state index in [0.717, 1.165) is 19.3 Å². The summed E-state index contributed by atoms with van der Waals surface area (Å²) in [6.07, 6.45) is 7.68. The number of epoxide rings is 1. The Morgan fingerprint density at radius 3 is 2.93 bits per heavy atom. The zero-order chi connectivity index (χ0) is 10.6. The fourth-order valence-corrected chi connectivity index (χ4v) is 1.72. The number of halogens is 1. The minimum atomic E-state index is 0.0675. The molecule has 0 aromatic carbocycles. The molecule has 0 N–H and O–H groups in total. The number of allylic oxidation sites excluding steroid dienone is 2. The SMILES string of the molecule is C=C(C)CCC[C@@]1(C)O[C@@H]1/C=C/CCl. The van der Waals surface area contributed by atoms with Crippen molar-refractivity contribution in [2.75, 3.05) is 5.88 Å². The molecule has 1 heterocycles. The second-order valence-corrected chi connectivity index (χ2v) is 4.55. The molecule has 0 radical (unpaired) electrons. The first-order valence-corrected chi connectivity index (χ1v) is 5.67. The fraction of sp³-hybridized carbons (Fsp3) is 0.667. The lowest BCUT2D eigenvalue weighted by Crippen LogP contribution is -2.08. The molecule has 1 saturated heterocycles. The number of ether oxygens (including phenoxy) is 1. The van der Waals surface area contributed by atoms with Gasteiger partial charge in [0.15, 0.2) is 0 Å². The number of rotatable bonds is 6. The number of alkyl halides is 1. The van der Waals surface area contributed by atoms with Gasteiger partial charge in [0.25, 0.3) is 0 Å². The maximum absolute atomic E-state index is 5.61. The highest BCUT2D eigenvalue weighted by Gasteiger charge is 2.49. The van der Waals surface area contributed by atoms with Crippen LogP contribution in [0, 0.1) is 0 Å². The van der Waals surface area contributed by atoms with Gasteiger partial charge in [-0.05, 0) is 33.1 Å². The predicted octanol–water partition coefficient (Wildman–Crippen LogP) is 3.69. The predicted molar refractivity (Wildman–Crippen MR) is 61.8 cm³/mol. The highest BCUT2D eigenvalue weighted by molar-refractivity contribution is 6.18. The van der Waals surface area contributed by atoms with Crippen molar-refractivity contribution in [1.82, 2.24) is 0 Å². The Balaban J connectivity index is 2.20. The molecule has 0 unspecified atom stereocenters. The Kier molecular flexibility index (Phi) is 4.21. The van der Waals surface area contributed by atoms with Gasteiger partial charge in [0.05, 0.1) is 5.60 Å². The molecule has 2 atom stereocenters. The third-order valence-electron chi connectivity index (χ3n) is 2.62. The Morgan fingerprint density at radius 2 is 2.36 bits per heavy atom. The van der Waals surface area contributed by atoms with Gasteiger partial charge in [0, 0.05) is 5.88 Å². The summed E-state index contributed by atoms with van der Waals surface area (Å²) in [7, 11) is 0. The van der Waals surface area contributed by atoms with Crippen molar-refractivity contribution >= 4 is 11.6 Å². The molecule has 1 aliphatic heterocycles. The van der Waals surface area contributed by atoms with E-state index < -0.39 is 0 Å². The lowest BCUT2D eigenvalue weighted by atomic mass is 9.98. The van der Waals surface area contributed by atoms with E-state index in [1.165, 1.54) is 5.57 Å². The Bertz CT molecular complexity index is 234. The largest absolute Gasteiger partial charge is 0.362 e. The van der Waals surface area contributed by atoms with Gasteiger partial charge in [0.2, 0.25) is 0 Å². The van der Waals surface area contributed by atoms with Crippen LogP contribution < -0.4 is 0 Å². The third-order valence-corrected chi connectivity index (χ3v) is 2.80. The van der Waals surface area contributed by atoms with E-state index in [-0.39, 0.29) is 11.7 Å². The zero-order valence-electron chi connectivity index (χ0n) is 9.05. The van der Waals surface area contributed by atoms with Gasteiger partial charge < -0.3 is 4.74 Å². The topological polar surface area (TPSA) is 12.5 Å². The molecular formula is C12H19ClO. The minimum Gasteiger partial charge on any atom is -0.362 e. The van der Waals surface area contributed by atoms with Crippen molar-refractivity contribution in [3.63, 3.8) is 0 Å². The van der Waals surface area contributed by atoms with Crippen LogP contribution in [0.5, 0.6) is 0 Å². The van der Waals surface area contributed by atoms with Gasteiger partial charge in [-0.15, -0.1) is 18.2 Å². The van der Waals surface area contributed by atoms with Crippen LogP contribution in [0.15, 0.2) is 24.3 Å². The molecule has 0 aromatic heterocycles. The molecule has 0 aromatic rings. The first kappa shape index (κ1) is 11.8. The van der Waals surface area contributed by atoms with E-state index in [1.807, 2.05) is 6.08 Å². The van der Waals surface area contributed by atoms with E-state index in [1.54, 1.807) is 0 Å². The van der Waals surface area contributed by atoms with Crippen molar-refractivity contribution in [1.29, 1.82) is 0 Å². The van der Waals surface area contributed by atoms with E-state index in [0.29, 0.717) is 5.88 Å². The minimum absolute atomic E-state index is 0.0675. The van der Waals surface area contributed by atoms with E-state index in [4.69, 9.17) is 16.3 Å².